The van der Waals surface area contributed by atoms with Crippen LogP contribution in [0, 0.1) is 23.0 Å². The Morgan fingerprint density at radius 2 is 1.69 bits per heavy atom. The van der Waals surface area contributed by atoms with Crippen molar-refractivity contribution in [2.24, 2.45) is 4.99 Å². The standard InChI is InChI=1S/C37H34F2N4O6/c1-43-19-18-41-33(43)26-12-9-13-27(21-26)47-34-30(38)32(49-37(36(44)45-2)16-7-4-8-17-37)31(39)35(42-34)48-29-20-25(22-40)14-15-28(29)46-23-24-10-5-3-6-11-24/h3,5-6,9-15,20-21H,4,7-8,16-19,23H2,1-2H3. The van der Waals surface area contributed by atoms with E-state index < -0.39 is 40.7 Å². The molecule has 0 radical (unpaired) electrons. The maximum absolute atomic E-state index is 16.4. The predicted molar refractivity (Wildman–Crippen MR) is 175 cm³/mol. The molecule has 4 aromatic rings. The third-order valence-corrected chi connectivity index (χ3v) is 8.38. The Bertz CT molecular complexity index is 1910. The second-order valence-electron chi connectivity index (χ2n) is 11.7. The van der Waals surface area contributed by atoms with Gasteiger partial charge in [0, 0.05) is 25.2 Å². The van der Waals surface area contributed by atoms with E-state index in [1.165, 1.54) is 25.3 Å². The number of carbonyl (C=O) groups excluding carboxylic acids is 1. The summed E-state index contributed by atoms with van der Waals surface area (Å²) < 4.78 is 61.6. The molecule has 252 valence electrons. The van der Waals surface area contributed by atoms with E-state index in [9.17, 15) is 10.1 Å². The van der Waals surface area contributed by atoms with E-state index >= 15 is 8.78 Å². The van der Waals surface area contributed by atoms with Crippen LogP contribution in [0.1, 0.15) is 48.8 Å². The number of ether oxygens (including phenoxy) is 5. The lowest BCUT2D eigenvalue weighted by atomic mass is 9.84. The molecule has 49 heavy (non-hydrogen) atoms. The first-order valence-electron chi connectivity index (χ1n) is 15.9. The maximum Gasteiger partial charge on any atom is 0.350 e. The molecule has 3 aromatic carbocycles. The molecule has 6 rings (SSSR count). The van der Waals surface area contributed by atoms with Crippen molar-refractivity contribution >= 4 is 11.8 Å². The van der Waals surface area contributed by atoms with Crippen molar-refractivity contribution in [2.45, 2.75) is 44.3 Å². The number of hydrogen-bond acceptors (Lipinski definition) is 10. The number of rotatable bonds is 11. The van der Waals surface area contributed by atoms with Crippen LogP contribution in [0.2, 0.25) is 0 Å². The van der Waals surface area contributed by atoms with E-state index in [-0.39, 0.29) is 42.3 Å². The fourth-order valence-corrected chi connectivity index (χ4v) is 5.83. The lowest BCUT2D eigenvalue weighted by molar-refractivity contribution is -0.162. The van der Waals surface area contributed by atoms with Gasteiger partial charge in [-0.05, 0) is 55.5 Å². The molecule has 12 heteroatoms. The molecular formula is C37H34F2N4O6. The van der Waals surface area contributed by atoms with Gasteiger partial charge in [0.15, 0.2) is 11.5 Å². The first-order chi connectivity index (χ1) is 23.8. The van der Waals surface area contributed by atoms with Gasteiger partial charge in [-0.25, -0.2) is 4.79 Å². The highest BCUT2D eigenvalue weighted by Crippen LogP contribution is 2.43. The number of methoxy groups -OCH3 is 1. The number of likely N-dealkylation sites (N-methyl/N-ethyl adjacent to an activating group) is 1. The summed E-state index contributed by atoms with van der Waals surface area (Å²) >= 11 is 0. The van der Waals surface area contributed by atoms with Crippen LogP contribution in [-0.4, -0.2) is 54.5 Å². The van der Waals surface area contributed by atoms with Gasteiger partial charge >= 0.3 is 5.97 Å². The third kappa shape index (κ3) is 7.26. The number of nitrogens with zero attached hydrogens (tertiary/aromatic N) is 4. The third-order valence-electron chi connectivity index (χ3n) is 8.38. The van der Waals surface area contributed by atoms with Gasteiger partial charge in [0.2, 0.25) is 23.0 Å². The molecule has 0 atom stereocenters. The molecule has 2 heterocycles. The average Bonchev–Trinajstić information content (AvgIpc) is 3.57. The minimum absolute atomic E-state index is 0.0606. The Morgan fingerprint density at radius 3 is 2.39 bits per heavy atom. The Morgan fingerprint density at radius 1 is 0.939 bits per heavy atom. The zero-order chi connectivity index (χ0) is 34.4. The van der Waals surface area contributed by atoms with Crippen LogP contribution < -0.4 is 18.9 Å². The lowest BCUT2D eigenvalue weighted by Gasteiger charge is -2.35. The largest absolute Gasteiger partial charge is 0.485 e. The molecule has 1 fully saturated rings. The Kier molecular flexibility index (Phi) is 9.89. The van der Waals surface area contributed by atoms with Gasteiger partial charge in [0.1, 0.15) is 18.2 Å². The van der Waals surface area contributed by atoms with Crippen LogP contribution >= 0.6 is 0 Å². The van der Waals surface area contributed by atoms with Crippen molar-refractivity contribution in [1.29, 1.82) is 5.26 Å². The first-order valence-corrected chi connectivity index (χ1v) is 15.9. The summed E-state index contributed by atoms with van der Waals surface area (Å²) in [7, 11) is 3.11. The number of amidine groups is 1. The van der Waals surface area contributed by atoms with Crippen molar-refractivity contribution in [3.05, 3.63) is 101 Å². The van der Waals surface area contributed by atoms with Crippen molar-refractivity contribution in [2.75, 3.05) is 27.2 Å². The molecule has 2 aliphatic rings. The van der Waals surface area contributed by atoms with Crippen molar-refractivity contribution < 1.29 is 37.3 Å². The van der Waals surface area contributed by atoms with E-state index in [1.54, 1.807) is 18.2 Å². The second kappa shape index (κ2) is 14.6. The van der Waals surface area contributed by atoms with E-state index in [0.717, 1.165) is 29.9 Å². The number of aromatic nitrogens is 1. The fraction of sp³-hybridized carbons (Fsp3) is 0.297. The van der Waals surface area contributed by atoms with Gasteiger partial charge in [-0.2, -0.15) is 19.0 Å². The maximum atomic E-state index is 16.4. The Hall–Kier alpha value is -5.70. The van der Waals surface area contributed by atoms with Crippen LogP contribution in [0.5, 0.6) is 34.8 Å². The van der Waals surface area contributed by atoms with Crippen LogP contribution in [0.4, 0.5) is 8.78 Å². The first kappa shape index (κ1) is 33.2. The van der Waals surface area contributed by atoms with Gasteiger partial charge in [-0.3, -0.25) is 4.99 Å². The Balaban J connectivity index is 1.41. The molecule has 0 saturated heterocycles. The SMILES string of the molecule is COC(=O)C1(Oc2c(F)c(Oc3cccc(C4=NCCN4C)c3)nc(Oc3cc(C#N)ccc3OCc3ccccc3)c2F)CCCCC1. The molecule has 0 unspecified atom stereocenters. The van der Waals surface area contributed by atoms with Crippen LogP contribution in [0.3, 0.4) is 0 Å². The number of benzene rings is 3. The van der Waals surface area contributed by atoms with Crippen LogP contribution in [-0.2, 0) is 16.1 Å². The minimum Gasteiger partial charge on any atom is -0.485 e. The highest BCUT2D eigenvalue weighted by atomic mass is 19.1. The lowest BCUT2D eigenvalue weighted by Crippen LogP contribution is -2.47. The van der Waals surface area contributed by atoms with Crippen LogP contribution in [0.25, 0.3) is 0 Å². The predicted octanol–water partition coefficient (Wildman–Crippen LogP) is 7.34. The number of esters is 1. The molecular weight excluding hydrogens is 634 g/mol. The molecule has 0 N–H and O–H groups in total. The minimum atomic E-state index is -1.64. The molecule has 0 spiro atoms. The number of pyridine rings is 1. The topological polar surface area (TPSA) is 116 Å². The Labute approximate surface area is 282 Å². The van der Waals surface area contributed by atoms with Gasteiger partial charge in [0.05, 0.1) is 25.3 Å². The summed E-state index contributed by atoms with van der Waals surface area (Å²) in [5.41, 5.74) is 0.141. The molecule has 1 saturated carbocycles. The molecule has 10 nitrogen and oxygen atoms in total. The van der Waals surface area contributed by atoms with Gasteiger partial charge in [-0.15, -0.1) is 0 Å². The number of carbonyl (C=O) groups is 1. The molecule has 1 aliphatic carbocycles. The van der Waals surface area contributed by atoms with Crippen molar-refractivity contribution in [3.63, 3.8) is 0 Å². The highest BCUT2D eigenvalue weighted by Gasteiger charge is 2.45. The zero-order valence-corrected chi connectivity index (χ0v) is 27.1. The molecule has 1 aromatic heterocycles. The van der Waals surface area contributed by atoms with Gasteiger partial charge in [-0.1, -0.05) is 48.9 Å². The molecule has 0 amide bonds. The summed E-state index contributed by atoms with van der Waals surface area (Å²) in [5, 5.41) is 9.59. The zero-order valence-electron chi connectivity index (χ0n) is 27.1. The molecule has 1 aliphatic heterocycles. The van der Waals surface area contributed by atoms with E-state index in [1.807, 2.05) is 54.4 Å². The summed E-state index contributed by atoms with van der Waals surface area (Å²) in [5.74, 6) is -4.59. The second-order valence-corrected chi connectivity index (χ2v) is 11.7. The van der Waals surface area contributed by atoms with Crippen molar-refractivity contribution in [1.82, 2.24) is 9.88 Å². The summed E-state index contributed by atoms with van der Waals surface area (Å²) in [4.78, 5) is 23.6. The number of aliphatic imine (C=N–C) groups is 1. The summed E-state index contributed by atoms with van der Waals surface area (Å²) in [6.07, 6.45) is 2.37. The van der Waals surface area contributed by atoms with E-state index in [4.69, 9.17) is 23.7 Å². The summed E-state index contributed by atoms with van der Waals surface area (Å²) in [6, 6.07) is 22.5. The monoisotopic (exact) mass is 668 g/mol. The average molecular weight is 669 g/mol. The smallest absolute Gasteiger partial charge is 0.350 e. The fourth-order valence-electron chi connectivity index (χ4n) is 5.83. The van der Waals surface area contributed by atoms with Crippen LogP contribution in [0.15, 0.2) is 77.8 Å². The normalized spacial score (nSPS) is 15.2. The molecule has 0 bridgehead atoms. The van der Waals surface area contributed by atoms with Gasteiger partial charge in [0.25, 0.3) is 11.8 Å². The summed E-state index contributed by atoms with van der Waals surface area (Å²) in [6.45, 7) is 1.53. The van der Waals surface area contributed by atoms with Gasteiger partial charge < -0.3 is 28.6 Å². The number of hydrogen-bond donors (Lipinski definition) is 0. The van der Waals surface area contributed by atoms with E-state index in [0.29, 0.717) is 19.4 Å². The number of nitriles is 1. The van der Waals surface area contributed by atoms with E-state index in [2.05, 4.69) is 9.98 Å². The quantitative estimate of drug-likeness (QED) is 0.151. The highest BCUT2D eigenvalue weighted by molar-refractivity contribution is 5.99. The van der Waals surface area contributed by atoms with Crippen molar-refractivity contribution in [3.8, 4) is 40.8 Å². The number of halogens is 2.